The van der Waals surface area contributed by atoms with Crippen LogP contribution in [0.2, 0.25) is 0 Å². The van der Waals surface area contributed by atoms with Crippen LogP contribution in [-0.2, 0) is 9.47 Å². The van der Waals surface area contributed by atoms with Crippen molar-refractivity contribution in [3.63, 3.8) is 0 Å². The van der Waals surface area contributed by atoms with Crippen molar-refractivity contribution in [3.8, 4) is 0 Å². The van der Waals surface area contributed by atoms with Gasteiger partial charge >= 0.3 is 0 Å². The molecule has 0 aromatic heterocycles. The zero-order chi connectivity index (χ0) is 16.2. The van der Waals surface area contributed by atoms with Crippen molar-refractivity contribution >= 4 is 0 Å². The third-order valence-electron chi connectivity index (χ3n) is 7.01. The lowest BCUT2D eigenvalue weighted by molar-refractivity contribution is -0.276. The van der Waals surface area contributed by atoms with E-state index in [1.165, 1.54) is 83.5 Å². The summed E-state index contributed by atoms with van der Waals surface area (Å²) in [6.07, 6.45) is 19.1. The van der Waals surface area contributed by atoms with Crippen LogP contribution < -0.4 is 0 Å². The van der Waals surface area contributed by atoms with Crippen LogP contribution >= 0.6 is 0 Å². The Labute approximate surface area is 143 Å². The molecule has 134 valence electrons. The Morgan fingerprint density at radius 1 is 1.00 bits per heavy atom. The maximum absolute atomic E-state index is 6.72. The fourth-order valence-electron chi connectivity index (χ4n) is 5.83. The molecule has 3 unspecified atom stereocenters. The molecule has 3 atom stereocenters. The second kappa shape index (κ2) is 7.87. The molecule has 0 aromatic carbocycles. The average Bonchev–Trinajstić information content (AvgIpc) is 3.21. The first-order valence-corrected chi connectivity index (χ1v) is 10.5. The van der Waals surface area contributed by atoms with Gasteiger partial charge in [0.25, 0.3) is 0 Å². The molecular formula is C21H38O2. The molecular weight excluding hydrogens is 284 g/mol. The number of hydrogen-bond donors (Lipinski definition) is 0. The number of unbranched alkanes of at least 4 members (excludes halogenated alkanes) is 4. The van der Waals surface area contributed by atoms with Crippen LogP contribution in [0.25, 0.3) is 0 Å². The topological polar surface area (TPSA) is 18.5 Å². The lowest BCUT2D eigenvalue weighted by atomic mass is 9.68. The summed E-state index contributed by atoms with van der Waals surface area (Å²) in [5.41, 5.74) is 0.361. The molecule has 23 heavy (non-hydrogen) atoms. The summed E-state index contributed by atoms with van der Waals surface area (Å²) >= 11 is 0. The summed E-state index contributed by atoms with van der Waals surface area (Å²) in [7, 11) is 0. The van der Waals surface area contributed by atoms with E-state index in [4.69, 9.17) is 9.47 Å². The van der Waals surface area contributed by atoms with E-state index in [1.54, 1.807) is 0 Å². The minimum atomic E-state index is -0.217. The van der Waals surface area contributed by atoms with Crippen molar-refractivity contribution in [3.05, 3.63) is 0 Å². The largest absolute Gasteiger partial charge is 0.349 e. The molecule has 1 aliphatic heterocycles. The van der Waals surface area contributed by atoms with E-state index in [0.717, 1.165) is 18.9 Å². The molecule has 1 heterocycles. The van der Waals surface area contributed by atoms with Crippen LogP contribution in [0.4, 0.5) is 0 Å². The number of hydrogen-bond acceptors (Lipinski definition) is 2. The highest BCUT2D eigenvalue weighted by Crippen LogP contribution is 2.63. The first-order valence-electron chi connectivity index (χ1n) is 10.5. The van der Waals surface area contributed by atoms with Crippen molar-refractivity contribution in [2.45, 2.75) is 116 Å². The molecule has 0 bridgehead atoms. The first kappa shape index (κ1) is 17.7. The van der Waals surface area contributed by atoms with Gasteiger partial charge in [-0.05, 0) is 51.4 Å². The molecule has 0 amide bonds. The molecule has 0 radical (unpaired) electrons. The smallest absolute Gasteiger partial charge is 0.174 e. The van der Waals surface area contributed by atoms with Crippen LogP contribution in [0.1, 0.15) is 104 Å². The maximum atomic E-state index is 6.72. The van der Waals surface area contributed by atoms with E-state index in [1.807, 2.05) is 0 Å². The van der Waals surface area contributed by atoms with Gasteiger partial charge in [0.2, 0.25) is 0 Å². The fraction of sp³-hybridized carbons (Fsp3) is 1.00. The minimum absolute atomic E-state index is 0.217. The van der Waals surface area contributed by atoms with Crippen molar-refractivity contribution in [1.29, 1.82) is 0 Å². The minimum Gasteiger partial charge on any atom is -0.349 e. The van der Waals surface area contributed by atoms with Gasteiger partial charge in [0, 0.05) is 11.8 Å². The predicted molar refractivity (Wildman–Crippen MR) is 95.5 cm³/mol. The quantitative estimate of drug-likeness (QED) is 0.468. The molecule has 2 saturated carbocycles. The SMILES string of the molecule is CCCCCCCC(C)OC12CCCC1(C1CCCC1)CCO2. The van der Waals surface area contributed by atoms with Crippen LogP contribution in [-0.4, -0.2) is 18.5 Å². The van der Waals surface area contributed by atoms with Gasteiger partial charge < -0.3 is 9.47 Å². The Kier molecular flexibility index (Phi) is 6.07. The molecule has 0 N–H and O–H groups in total. The lowest BCUT2D eigenvalue weighted by Crippen LogP contribution is -2.48. The zero-order valence-electron chi connectivity index (χ0n) is 15.6. The van der Waals surface area contributed by atoms with Gasteiger partial charge in [-0.2, -0.15) is 0 Å². The van der Waals surface area contributed by atoms with Gasteiger partial charge in [-0.3, -0.25) is 0 Å². The maximum Gasteiger partial charge on any atom is 0.174 e. The summed E-state index contributed by atoms with van der Waals surface area (Å²) in [5, 5.41) is 0. The van der Waals surface area contributed by atoms with Crippen molar-refractivity contribution in [2.24, 2.45) is 11.3 Å². The fourth-order valence-corrected chi connectivity index (χ4v) is 5.83. The Bertz CT molecular complexity index is 349. The summed E-state index contributed by atoms with van der Waals surface area (Å²) in [5.74, 6) is 0.648. The molecule has 3 aliphatic rings. The molecule has 2 aliphatic carbocycles. The number of rotatable bonds is 9. The highest BCUT2D eigenvalue weighted by molar-refractivity contribution is 5.07. The van der Waals surface area contributed by atoms with E-state index in [9.17, 15) is 0 Å². The van der Waals surface area contributed by atoms with Crippen LogP contribution in [0, 0.1) is 11.3 Å². The number of ether oxygens (including phenoxy) is 2. The third kappa shape index (κ3) is 3.49. The van der Waals surface area contributed by atoms with E-state index < -0.39 is 0 Å². The summed E-state index contributed by atoms with van der Waals surface area (Å²) < 4.78 is 13.1. The monoisotopic (exact) mass is 322 g/mol. The highest BCUT2D eigenvalue weighted by Gasteiger charge is 2.64. The highest BCUT2D eigenvalue weighted by atomic mass is 16.7. The lowest BCUT2D eigenvalue weighted by Gasteiger charge is -2.44. The van der Waals surface area contributed by atoms with Crippen molar-refractivity contribution in [1.82, 2.24) is 0 Å². The predicted octanol–water partition coefficient (Wildman–Crippen LogP) is 6.23. The standard InChI is InChI=1S/C21H38O2/c1-3-4-5-6-7-11-18(2)23-21-15-10-14-20(21,16-17-22-21)19-12-8-9-13-19/h18-19H,3-17H2,1-2H3. The molecule has 1 saturated heterocycles. The van der Waals surface area contributed by atoms with Gasteiger partial charge in [-0.1, -0.05) is 51.9 Å². The molecule has 2 heteroatoms. The molecule has 3 rings (SSSR count). The Morgan fingerprint density at radius 3 is 2.57 bits per heavy atom. The van der Waals surface area contributed by atoms with Crippen molar-refractivity contribution in [2.75, 3.05) is 6.61 Å². The van der Waals surface area contributed by atoms with Gasteiger partial charge in [0.1, 0.15) is 0 Å². The Morgan fingerprint density at radius 2 is 1.78 bits per heavy atom. The summed E-state index contributed by atoms with van der Waals surface area (Å²) in [6.45, 7) is 5.50. The second-order valence-corrected chi connectivity index (χ2v) is 8.47. The van der Waals surface area contributed by atoms with Gasteiger partial charge in [0.05, 0.1) is 12.7 Å². The molecule has 2 nitrogen and oxygen atoms in total. The molecule has 0 spiro atoms. The Hall–Kier alpha value is -0.0800. The third-order valence-corrected chi connectivity index (χ3v) is 7.01. The first-order chi connectivity index (χ1) is 11.2. The van der Waals surface area contributed by atoms with Crippen molar-refractivity contribution < 1.29 is 9.47 Å². The zero-order valence-corrected chi connectivity index (χ0v) is 15.6. The van der Waals surface area contributed by atoms with Gasteiger partial charge in [0.15, 0.2) is 5.79 Å². The Balaban J connectivity index is 1.56. The average molecular weight is 323 g/mol. The van der Waals surface area contributed by atoms with E-state index >= 15 is 0 Å². The summed E-state index contributed by atoms with van der Waals surface area (Å²) in [4.78, 5) is 0. The normalized spacial score (nSPS) is 35.7. The van der Waals surface area contributed by atoms with E-state index in [2.05, 4.69) is 13.8 Å². The number of fused-ring (bicyclic) bond motifs is 1. The van der Waals surface area contributed by atoms with E-state index in [-0.39, 0.29) is 5.79 Å². The van der Waals surface area contributed by atoms with Crippen LogP contribution in [0.5, 0.6) is 0 Å². The molecule has 0 aromatic rings. The second-order valence-electron chi connectivity index (χ2n) is 8.47. The summed E-state index contributed by atoms with van der Waals surface area (Å²) in [6, 6.07) is 0. The van der Waals surface area contributed by atoms with Gasteiger partial charge in [-0.15, -0.1) is 0 Å². The van der Waals surface area contributed by atoms with Gasteiger partial charge in [-0.25, -0.2) is 0 Å². The molecule has 3 fully saturated rings. The van der Waals surface area contributed by atoms with E-state index in [0.29, 0.717) is 11.5 Å². The van der Waals surface area contributed by atoms with Crippen LogP contribution in [0.3, 0.4) is 0 Å². The van der Waals surface area contributed by atoms with Crippen LogP contribution in [0.15, 0.2) is 0 Å².